The molecule has 2 aliphatic rings. The lowest BCUT2D eigenvalue weighted by molar-refractivity contribution is -0.136. The van der Waals surface area contributed by atoms with Gasteiger partial charge < -0.3 is 24.6 Å². The van der Waals surface area contributed by atoms with Gasteiger partial charge in [-0.1, -0.05) is 19.1 Å². The van der Waals surface area contributed by atoms with Crippen LogP contribution in [0.5, 0.6) is 5.75 Å². The predicted octanol–water partition coefficient (Wildman–Crippen LogP) is 1.63. The Hall–Kier alpha value is -2.32. The molecular weight excluding hydrogens is 406 g/mol. The van der Waals surface area contributed by atoms with Gasteiger partial charge in [0.1, 0.15) is 5.75 Å². The van der Waals surface area contributed by atoms with Crippen molar-refractivity contribution in [3.63, 3.8) is 0 Å². The van der Waals surface area contributed by atoms with Gasteiger partial charge in [0.05, 0.1) is 26.9 Å². The van der Waals surface area contributed by atoms with Gasteiger partial charge in [-0.25, -0.2) is 0 Å². The van der Waals surface area contributed by atoms with Crippen molar-refractivity contribution >= 4 is 11.9 Å². The first-order valence-corrected chi connectivity index (χ1v) is 11.9. The molecule has 8 nitrogen and oxygen atoms in total. The van der Waals surface area contributed by atoms with Gasteiger partial charge >= 0.3 is 0 Å². The lowest BCUT2D eigenvalue weighted by Crippen LogP contribution is -2.54. The van der Waals surface area contributed by atoms with Gasteiger partial charge in [-0.05, 0) is 37.0 Å². The quantitative estimate of drug-likeness (QED) is 0.485. The summed E-state index contributed by atoms with van der Waals surface area (Å²) in [6.45, 7) is 12.7. The summed E-state index contributed by atoms with van der Waals surface area (Å²) in [5, 5.41) is 3.44. The van der Waals surface area contributed by atoms with Crippen molar-refractivity contribution in [2.75, 3.05) is 79.2 Å². The second kappa shape index (κ2) is 12.6. The number of hydrogen-bond acceptors (Lipinski definition) is 5. The van der Waals surface area contributed by atoms with Crippen molar-refractivity contribution in [2.45, 2.75) is 26.2 Å². The third-order valence-corrected chi connectivity index (χ3v) is 6.24. The summed E-state index contributed by atoms with van der Waals surface area (Å²) < 4.78 is 10.6. The zero-order valence-corrected chi connectivity index (χ0v) is 19.9. The van der Waals surface area contributed by atoms with E-state index in [9.17, 15) is 4.79 Å². The number of piperazine rings is 1. The molecule has 1 aromatic carbocycles. The fourth-order valence-corrected chi connectivity index (χ4v) is 4.11. The number of nitrogens with zero attached hydrogens (tertiary/aromatic N) is 4. The number of nitrogens with one attached hydrogen (secondary N) is 1. The van der Waals surface area contributed by atoms with Crippen LogP contribution < -0.4 is 10.1 Å². The van der Waals surface area contributed by atoms with E-state index in [1.165, 1.54) is 5.56 Å². The maximum absolute atomic E-state index is 12.5. The van der Waals surface area contributed by atoms with Crippen LogP contribution in [0.3, 0.4) is 0 Å². The number of morpholine rings is 1. The molecule has 2 saturated heterocycles. The number of methoxy groups -OCH3 is 1. The van der Waals surface area contributed by atoms with Crippen LogP contribution in [-0.4, -0.2) is 106 Å². The van der Waals surface area contributed by atoms with Crippen molar-refractivity contribution in [3.8, 4) is 5.75 Å². The van der Waals surface area contributed by atoms with Crippen LogP contribution in [0.25, 0.3) is 0 Å². The monoisotopic (exact) mass is 445 g/mol. The van der Waals surface area contributed by atoms with Crippen molar-refractivity contribution in [1.82, 2.24) is 20.0 Å². The molecule has 0 aliphatic carbocycles. The van der Waals surface area contributed by atoms with Crippen molar-refractivity contribution < 1.29 is 14.3 Å². The van der Waals surface area contributed by atoms with E-state index in [1.54, 1.807) is 7.11 Å². The van der Waals surface area contributed by atoms with E-state index < -0.39 is 0 Å². The topological polar surface area (TPSA) is 69.6 Å². The van der Waals surface area contributed by atoms with Gasteiger partial charge in [0.15, 0.2) is 5.96 Å². The average molecular weight is 446 g/mol. The molecule has 0 spiro atoms. The number of rotatable bonds is 8. The molecule has 1 N–H and O–H groups in total. The highest BCUT2D eigenvalue weighted by atomic mass is 16.5. The summed E-state index contributed by atoms with van der Waals surface area (Å²) in [5.74, 6) is 2.53. The van der Waals surface area contributed by atoms with Crippen LogP contribution in [0.15, 0.2) is 29.3 Å². The Kier molecular flexibility index (Phi) is 9.62. The van der Waals surface area contributed by atoms with Gasteiger partial charge in [-0.3, -0.25) is 14.7 Å². The SMILES string of the molecule is CCNC(=NCCC(C)c1ccc(OC)cc1)N1CCN(CC(=O)N2CCOCC2)CC1. The molecule has 1 unspecified atom stereocenters. The Morgan fingerprint density at radius 1 is 1.09 bits per heavy atom. The van der Waals surface area contributed by atoms with Crippen molar-refractivity contribution in [1.29, 1.82) is 0 Å². The molecule has 178 valence electrons. The van der Waals surface area contributed by atoms with E-state index in [1.807, 2.05) is 17.0 Å². The lowest BCUT2D eigenvalue weighted by atomic mass is 9.98. The Balaban J connectivity index is 1.45. The number of hydrogen-bond donors (Lipinski definition) is 1. The van der Waals surface area contributed by atoms with Crippen LogP contribution >= 0.6 is 0 Å². The summed E-state index contributed by atoms with van der Waals surface area (Å²) in [7, 11) is 1.69. The number of amides is 1. The molecule has 8 heteroatoms. The van der Waals surface area contributed by atoms with E-state index in [4.69, 9.17) is 14.5 Å². The van der Waals surface area contributed by atoms with Crippen molar-refractivity contribution in [2.24, 2.45) is 4.99 Å². The van der Waals surface area contributed by atoms with Gasteiger partial charge in [-0.15, -0.1) is 0 Å². The van der Waals surface area contributed by atoms with Gasteiger partial charge in [-0.2, -0.15) is 0 Å². The molecule has 2 aliphatic heterocycles. The summed E-state index contributed by atoms with van der Waals surface area (Å²) in [4.78, 5) is 23.9. The fourth-order valence-electron chi connectivity index (χ4n) is 4.11. The van der Waals surface area contributed by atoms with E-state index in [2.05, 4.69) is 41.1 Å². The minimum absolute atomic E-state index is 0.217. The molecular formula is C24H39N5O3. The van der Waals surface area contributed by atoms with Gasteiger partial charge in [0.25, 0.3) is 0 Å². The molecule has 1 aromatic rings. The highest BCUT2D eigenvalue weighted by Crippen LogP contribution is 2.21. The summed E-state index contributed by atoms with van der Waals surface area (Å²) in [6, 6.07) is 8.30. The van der Waals surface area contributed by atoms with Crippen LogP contribution in [0.4, 0.5) is 0 Å². The first-order valence-electron chi connectivity index (χ1n) is 11.9. The summed E-state index contributed by atoms with van der Waals surface area (Å²) in [5.41, 5.74) is 1.31. The zero-order chi connectivity index (χ0) is 22.8. The first-order chi connectivity index (χ1) is 15.6. The van der Waals surface area contributed by atoms with Crippen LogP contribution in [0.2, 0.25) is 0 Å². The molecule has 1 amide bonds. The molecule has 0 aromatic heterocycles. The highest BCUT2D eigenvalue weighted by molar-refractivity contribution is 5.80. The van der Waals surface area contributed by atoms with Gasteiger partial charge in [0, 0.05) is 52.4 Å². The minimum atomic E-state index is 0.217. The number of guanidine groups is 1. The molecule has 0 saturated carbocycles. The minimum Gasteiger partial charge on any atom is -0.497 e. The fraction of sp³-hybridized carbons (Fsp3) is 0.667. The Bertz CT molecular complexity index is 726. The molecule has 2 heterocycles. The third kappa shape index (κ3) is 7.10. The number of carbonyl (C=O) groups excluding carboxylic acids is 1. The maximum Gasteiger partial charge on any atom is 0.236 e. The van der Waals surface area contributed by atoms with E-state index in [-0.39, 0.29) is 5.91 Å². The number of benzene rings is 1. The third-order valence-electron chi connectivity index (χ3n) is 6.24. The number of carbonyl (C=O) groups is 1. The average Bonchev–Trinajstić information content (AvgIpc) is 2.84. The highest BCUT2D eigenvalue weighted by Gasteiger charge is 2.24. The van der Waals surface area contributed by atoms with Crippen LogP contribution in [0.1, 0.15) is 31.7 Å². The van der Waals surface area contributed by atoms with Gasteiger partial charge in [0.2, 0.25) is 5.91 Å². The van der Waals surface area contributed by atoms with E-state index >= 15 is 0 Å². The Labute approximate surface area is 192 Å². The molecule has 0 bridgehead atoms. The molecule has 0 radical (unpaired) electrons. The number of ether oxygens (including phenoxy) is 2. The lowest BCUT2D eigenvalue weighted by Gasteiger charge is -2.37. The van der Waals surface area contributed by atoms with Crippen LogP contribution in [-0.2, 0) is 9.53 Å². The second-order valence-corrected chi connectivity index (χ2v) is 8.45. The standard InChI is InChI=1S/C24H39N5O3/c1-4-25-24(26-10-9-20(2)21-5-7-22(31-3)8-6-21)29-13-11-27(12-14-29)19-23(30)28-15-17-32-18-16-28/h5-8,20H,4,9-19H2,1-3H3,(H,25,26). The Morgan fingerprint density at radius 2 is 1.78 bits per heavy atom. The number of aliphatic imine (C=N–C) groups is 1. The van der Waals surface area contributed by atoms with E-state index in [0.29, 0.717) is 38.8 Å². The van der Waals surface area contributed by atoms with E-state index in [0.717, 1.165) is 57.4 Å². The largest absolute Gasteiger partial charge is 0.497 e. The molecule has 32 heavy (non-hydrogen) atoms. The second-order valence-electron chi connectivity index (χ2n) is 8.45. The van der Waals surface area contributed by atoms with Crippen molar-refractivity contribution in [3.05, 3.63) is 29.8 Å². The Morgan fingerprint density at radius 3 is 2.41 bits per heavy atom. The predicted molar refractivity (Wildman–Crippen MR) is 127 cm³/mol. The smallest absolute Gasteiger partial charge is 0.236 e. The zero-order valence-electron chi connectivity index (χ0n) is 19.9. The molecule has 2 fully saturated rings. The summed E-state index contributed by atoms with van der Waals surface area (Å²) in [6.07, 6.45) is 0.995. The normalized spacial score (nSPS) is 19.0. The maximum atomic E-state index is 12.5. The summed E-state index contributed by atoms with van der Waals surface area (Å²) >= 11 is 0. The molecule has 3 rings (SSSR count). The first kappa shape index (κ1) is 24.3. The van der Waals surface area contributed by atoms with Crippen LogP contribution in [0, 0.1) is 0 Å². The molecule has 1 atom stereocenters.